The molecule has 2 amide bonds. The highest BCUT2D eigenvalue weighted by Gasteiger charge is 2.32. The topological polar surface area (TPSA) is 67.9 Å². The molecule has 1 aliphatic rings. The maximum atomic E-state index is 12.6. The van der Waals surface area contributed by atoms with E-state index in [0.717, 1.165) is 5.75 Å². The molecule has 0 aromatic heterocycles. The molecule has 1 fully saturated rings. The quantitative estimate of drug-likeness (QED) is 0.352. The summed E-state index contributed by atoms with van der Waals surface area (Å²) in [7, 11) is 1.60. The van der Waals surface area contributed by atoms with E-state index in [1.165, 1.54) is 11.0 Å². The van der Waals surface area contributed by atoms with Crippen LogP contribution in [0.1, 0.15) is 5.56 Å². The van der Waals surface area contributed by atoms with Gasteiger partial charge in [0.05, 0.1) is 7.11 Å². The van der Waals surface area contributed by atoms with Crippen molar-refractivity contribution in [1.82, 2.24) is 10.2 Å². The molecule has 1 heterocycles. The molecule has 0 saturated carbocycles. The minimum Gasteiger partial charge on any atom is -0.497 e. The molecule has 1 aliphatic heterocycles. The molecule has 28 heavy (non-hydrogen) atoms. The molecule has 7 heteroatoms. The second-order valence-electron chi connectivity index (χ2n) is 5.87. The molecule has 0 aliphatic carbocycles. The molecule has 0 unspecified atom stereocenters. The minimum atomic E-state index is -0.531. The molecular weight excluding hydrogens is 376 g/mol. The van der Waals surface area contributed by atoms with E-state index in [4.69, 9.17) is 21.7 Å². The molecule has 0 spiro atoms. The summed E-state index contributed by atoms with van der Waals surface area (Å²) in [6.07, 6.45) is 3.05. The Labute approximate surface area is 168 Å². The first-order valence-corrected chi connectivity index (χ1v) is 8.84. The molecule has 0 bridgehead atoms. The summed E-state index contributed by atoms with van der Waals surface area (Å²) in [4.78, 5) is 26.1. The number of amides is 2. The lowest BCUT2D eigenvalue weighted by atomic mass is 10.1. The van der Waals surface area contributed by atoms with Crippen LogP contribution in [0.4, 0.5) is 0 Å². The summed E-state index contributed by atoms with van der Waals surface area (Å²) in [6.45, 7) is 3.82. The Hall–Kier alpha value is -3.45. The Bertz CT molecular complexity index is 967. The Kier molecular flexibility index (Phi) is 5.86. The van der Waals surface area contributed by atoms with Crippen LogP contribution >= 0.6 is 12.2 Å². The minimum absolute atomic E-state index is 0.00273. The number of benzene rings is 2. The fourth-order valence-corrected chi connectivity index (χ4v) is 2.85. The van der Waals surface area contributed by atoms with E-state index < -0.39 is 11.8 Å². The van der Waals surface area contributed by atoms with Crippen molar-refractivity contribution in [2.45, 2.75) is 0 Å². The number of carbonyl (C=O) groups is 2. The molecule has 1 saturated heterocycles. The molecule has 6 nitrogen and oxygen atoms in total. The third-order valence-corrected chi connectivity index (χ3v) is 4.28. The molecule has 1 N–H and O–H groups in total. The second kappa shape index (κ2) is 8.49. The van der Waals surface area contributed by atoms with E-state index in [0.29, 0.717) is 17.1 Å². The lowest BCUT2D eigenvalue weighted by Crippen LogP contribution is -2.53. The lowest BCUT2D eigenvalue weighted by molar-refractivity contribution is -0.128. The van der Waals surface area contributed by atoms with Crippen LogP contribution in [0, 0.1) is 0 Å². The summed E-state index contributed by atoms with van der Waals surface area (Å²) in [5, 5.41) is 2.59. The van der Waals surface area contributed by atoms with Gasteiger partial charge in [0.15, 0.2) is 5.11 Å². The average Bonchev–Trinajstić information content (AvgIpc) is 2.69. The monoisotopic (exact) mass is 394 g/mol. The number of nitrogens with zero attached hydrogens (tertiary/aromatic N) is 1. The average molecular weight is 394 g/mol. The number of rotatable bonds is 6. The predicted octanol–water partition coefficient (Wildman–Crippen LogP) is 3.30. The smallest absolute Gasteiger partial charge is 0.265 e. The summed E-state index contributed by atoms with van der Waals surface area (Å²) in [5.74, 6) is 0.947. The first-order valence-electron chi connectivity index (χ1n) is 8.43. The number of thiocarbonyl (C=S) groups is 1. The number of hydrogen-bond donors (Lipinski definition) is 1. The summed E-state index contributed by atoms with van der Waals surface area (Å²) in [6, 6.07) is 14.2. The first-order chi connectivity index (χ1) is 13.5. The maximum absolute atomic E-state index is 12.6. The van der Waals surface area contributed by atoms with Crippen LogP contribution in [0.5, 0.6) is 17.2 Å². The highest BCUT2D eigenvalue weighted by atomic mass is 32.1. The molecule has 0 radical (unpaired) electrons. The van der Waals surface area contributed by atoms with Gasteiger partial charge in [-0.1, -0.05) is 18.2 Å². The number of nitrogens with one attached hydrogen (secondary N) is 1. The SMILES string of the molecule is C=CCN1C(=O)C(=Cc2cccc(Oc3ccc(OC)cc3)c2)C(=O)NC1=S. The van der Waals surface area contributed by atoms with E-state index in [9.17, 15) is 9.59 Å². The van der Waals surface area contributed by atoms with Crippen molar-refractivity contribution in [3.63, 3.8) is 0 Å². The van der Waals surface area contributed by atoms with Crippen molar-refractivity contribution in [2.75, 3.05) is 13.7 Å². The molecule has 3 rings (SSSR count). The zero-order valence-electron chi connectivity index (χ0n) is 15.2. The van der Waals surface area contributed by atoms with Gasteiger partial charge in [-0.3, -0.25) is 19.8 Å². The van der Waals surface area contributed by atoms with Gasteiger partial charge in [0.25, 0.3) is 11.8 Å². The molecular formula is C21H18N2O4S. The number of hydrogen-bond acceptors (Lipinski definition) is 5. The van der Waals surface area contributed by atoms with Crippen molar-refractivity contribution in [1.29, 1.82) is 0 Å². The molecule has 2 aromatic rings. The van der Waals surface area contributed by atoms with Crippen molar-refractivity contribution < 1.29 is 19.1 Å². The van der Waals surface area contributed by atoms with Crippen LogP contribution in [0.2, 0.25) is 0 Å². The largest absolute Gasteiger partial charge is 0.497 e. The summed E-state index contributed by atoms with van der Waals surface area (Å²) < 4.78 is 10.9. The van der Waals surface area contributed by atoms with Gasteiger partial charge in [-0.2, -0.15) is 0 Å². The fourth-order valence-electron chi connectivity index (χ4n) is 2.60. The van der Waals surface area contributed by atoms with Crippen LogP contribution < -0.4 is 14.8 Å². The number of ether oxygens (including phenoxy) is 2. The summed E-state index contributed by atoms with van der Waals surface area (Å²) in [5.41, 5.74) is 0.646. The van der Waals surface area contributed by atoms with E-state index in [-0.39, 0.29) is 17.2 Å². The van der Waals surface area contributed by atoms with Crippen molar-refractivity contribution in [3.05, 3.63) is 72.3 Å². The number of methoxy groups -OCH3 is 1. The second-order valence-corrected chi connectivity index (χ2v) is 6.26. The van der Waals surface area contributed by atoms with E-state index in [1.54, 1.807) is 61.7 Å². The van der Waals surface area contributed by atoms with Crippen LogP contribution in [0.25, 0.3) is 6.08 Å². The molecule has 142 valence electrons. The van der Waals surface area contributed by atoms with E-state index in [2.05, 4.69) is 11.9 Å². The standard InChI is InChI=1S/C21H18N2O4S/c1-3-11-23-20(25)18(19(24)22-21(23)28)13-14-5-4-6-17(12-14)27-16-9-7-15(26-2)8-10-16/h3-10,12-13H,1,11H2,2H3,(H,22,24,28). The van der Waals surface area contributed by atoms with Gasteiger partial charge in [0.1, 0.15) is 22.8 Å². The Morgan fingerprint density at radius 2 is 1.82 bits per heavy atom. The Morgan fingerprint density at radius 1 is 1.11 bits per heavy atom. The highest BCUT2D eigenvalue weighted by Crippen LogP contribution is 2.25. The molecule has 0 atom stereocenters. The summed E-state index contributed by atoms with van der Waals surface area (Å²) >= 11 is 5.05. The Balaban J connectivity index is 1.84. The number of carbonyl (C=O) groups excluding carboxylic acids is 2. The third-order valence-electron chi connectivity index (χ3n) is 3.96. The van der Waals surface area contributed by atoms with Gasteiger partial charge in [-0.05, 0) is 60.3 Å². The third kappa shape index (κ3) is 4.27. The van der Waals surface area contributed by atoms with Gasteiger partial charge >= 0.3 is 0 Å². The predicted molar refractivity (Wildman–Crippen MR) is 110 cm³/mol. The van der Waals surface area contributed by atoms with Gasteiger partial charge in [0.2, 0.25) is 0 Å². The van der Waals surface area contributed by atoms with Crippen LogP contribution in [0.15, 0.2) is 66.8 Å². The van der Waals surface area contributed by atoms with Crippen molar-refractivity contribution in [2.24, 2.45) is 0 Å². The molecule has 2 aromatic carbocycles. The van der Waals surface area contributed by atoms with E-state index in [1.807, 2.05) is 0 Å². The zero-order chi connectivity index (χ0) is 20.1. The zero-order valence-corrected chi connectivity index (χ0v) is 16.0. The van der Waals surface area contributed by atoms with Crippen LogP contribution in [-0.2, 0) is 9.59 Å². The van der Waals surface area contributed by atoms with Gasteiger partial charge < -0.3 is 9.47 Å². The van der Waals surface area contributed by atoms with Gasteiger partial charge in [-0.15, -0.1) is 6.58 Å². The Morgan fingerprint density at radius 3 is 2.50 bits per heavy atom. The van der Waals surface area contributed by atoms with E-state index >= 15 is 0 Å². The van der Waals surface area contributed by atoms with Crippen LogP contribution in [-0.4, -0.2) is 35.5 Å². The van der Waals surface area contributed by atoms with Crippen molar-refractivity contribution >= 4 is 35.2 Å². The van der Waals surface area contributed by atoms with Gasteiger partial charge in [0, 0.05) is 6.54 Å². The maximum Gasteiger partial charge on any atom is 0.265 e. The van der Waals surface area contributed by atoms with Crippen LogP contribution in [0.3, 0.4) is 0 Å². The lowest BCUT2D eigenvalue weighted by Gasteiger charge is -2.27. The van der Waals surface area contributed by atoms with Crippen molar-refractivity contribution in [3.8, 4) is 17.2 Å². The normalized spacial score (nSPS) is 15.4. The van der Waals surface area contributed by atoms with Gasteiger partial charge in [-0.25, -0.2) is 0 Å². The fraction of sp³-hybridized carbons (Fsp3) is 0.0952. The first kappa shape index (κ1) is 19.3. The highest BCUT2D eigenvalue weighted by molar-refractivity contribution is 7.80.